The van der Waals surface area contributed by atoms with Gasteiger partial charge in [-0.1, -0.05) is 211 Å². The fourth-order valence-corrected chi connectivity index (χ4v) is 10.3. The molecular weight excluding hydrogens is 893 g/mol. The van der Waals surface area contributed by atoms with E-state index in [0.29, 0.717) is 6.42 Å². The predicted molar refractivity (Wildman–Crippen MR) is 305 cm³/mol. The molecule has 0 atom stereocenters. The van der Waals surface area contributed by atoms with Crippen molar-refractivity contribution in [1.29, 1.82) is 0 Å². The standard InChI is InChI=1S/C68H91N2O3/c1-65(2,3)56-27-33-59(34-28-56)68(60-35-29-57(30-36-60)66(4,5)6,61-37-31-58(32-38-61)67(7,8)9)62-39-41-63(42-40-62)73-53-25-21-17-13-12-16-20-24-48-70-51-45-55(46-52-70)54-43-49-69(50-44-54)47-23-19-15-11-10-14-18-22-26-64(71)72/h27-46,49-52H,10-26,47-48,53H2,1-9H3/q+1/p+1. The Kier molecular flexibility index (Phi) is 21.1. The molecule has 0 radical (unpaired) electrons. The molecule has 0 aliphatic heterocycles. The summed E-state index contributed by atoms with van der Waals surface area (Å²) >= 11 is 0. The Labute approximate surface area is 442 Å². The number of carbonyl (C=O) groups is 1. The van der Waals surface area contributed by atoms with Crippen molar-refractivity contribution in [3.8, 4) is 16.9 Å². The maximum Gasteiger partial charge on any atom is 0.303 e. The number of aromatic nitrogens is 2. The summed E-state index contributed by atoms with van der Waals surface area (Å²) in [4.78, 5) is 10.6. The minimum Gasteiger partial charge on any atom is -0.494 e. The molecule has 0 saturated heterocycles. The van der Waals surface area contributed by atoms with Crippen LogP contribution in [0.3, 0.4) is 0 Å². The predicted octanol–water partition coefficient (Wildman–Crippen LogP) is 17.0. The third-order valence-electron chi connectivity index (χ3n) is 15.1. The van der Waals surface area contributed by atoms with Gasteiger partial charge in [0.1, 0.15) is 18.8 Å². The number of carboxylic acids is 1. The van der Waals surface area contributed by atoms with E-state index in [1.807, 2.05) is 0 Å². The van der Waals surface area contributed by atoms with Gasteiger partial charge in [-0.25, -0.2) is 9.13 Å². The van der Waals surface area contributed by atoms with Crippen LogP contribution in [0.25, 0.3) is 11.1 Å². The van der Waals surface area contributed by atoms with Crippen LogP contribution < -0.4 is 13.9 Å². The highest BCUT2D eigenvalue weighted by molar-refractivity contribution is 5.66. The second kappa shape index (κ2) is 27.1. The number of aryl methyl sites for hydroxylation is 2. The number of unbranched alkanes of at least 4 members (excludes halogenated alkanes) is 14. The SMILES string of the molecule is CC(C)(C)c1ccc(C(c2ccc(OCCCCCCCCCC[n+]3ccc(-c4cc[n+](CCCCCCCCCCC(=O)O)cc4)cc3)cc2)(c2ccc(C(C)(C)C)cc2)c2ccc(C(C)(C)C)cc2)cc1. The highest BCUT2D eigenvalue weighted by atomic mass is 16.5. The Hall–Kier alpha value is -5.55. The van der Waals surface area contributed by atoms with Crippen LogP contribution in [0.2, 0.25) is 0 Å². The smallest absolute Gasteiger partial charge is 0.303 e. The largest absolute Gasteiger partial charge is 0.494 e. The number of hydrogen-bond acceptors (Lipinski definition) is 2. The molecule has 73 heavy (non-hydrogen) atoms. The molecule has 390 valence electrons. The molecule has 0 spiro atoms. The van der Waals surface area contributed by atoms with Crippen LogP contribution >= 0.6 is 0 Å². The van der Waals surface area contributed by atoms with Gasteiger partial charge in [-0.2, -0.15) is 0 Å². The summed E-state index contributed by atoms with van der Waals surface area (Å²) in [5.74, 6) is 0.257. The number of carboxylic acid groups (broad SMARTS) is 1. The highest BCUT2D eigenvalue weighted by Gasteiger charge is 2.39. The van der Waals surface area contributed by atoms with Gasteiger partial charge in [0.2, 0.25) is 0 Å². The molecule has 0 aliphatic rings. The van der Waals surface area contributed by atoms with Crippen LogP contribution in [0.15, 0.2) is 146 Å². The molecule has 0 unspecified atom stereocenters. The Morgan fingerprint density at radius 2 is 0.644 bits per heavy atom. The lowest BCUT2D eigenvalue weighted by atomic mass is 9.64. The summed E-state index contributed by atoms with van der Waals surface area (Å²) in [5.41, 5.74) is 11.2. The maximum absolute atomic E-state index is 10.6. The Morgan fingerprint density at radius 1 is 0.370 bits per heavy atom. The lowest BCUT2D eigenvalue weighted by Gasteiger charge is -2.38. The van der Waals surface area contributed by atoms with E-state index in [4.69, 9.17) is 9.84 Å². The summed E-state index contributed by atoms with van der Waals surface area (Å²) in [7, 11) is 0. The Balaban J connectivity index is 0.932. The van der Waals surface area contributed by atoms with Crippen molar-refractivity contribution in [1.82, 2.24) is 0 Å². The molecule has 0 aliphatic carbocycles. The van der Waals surface area contributed by atoms with Gasteiger partial charge >= 0.3 is 5.97 Å². The van der Waals surface area contributed by atoms with E-state index in [2.05, 4.69) is 218 Å². The van der Waals surface area contributed by atoms with Crippen LogP contribution in [0, 0.1) is 0 Å². The van der Waals surface area contributed by atoms with Crippen LogP contribution in [0.1, 0.15) is 210 Å². The van der Waals surface area contributed by atoms with E-state index in [-0.39, 0.29) is 16.2 Å². The van der Waals surface area contributed by atoms with Gasteiger partial charge in [0.05, 0.1) is 12.0 Å². The zero-order chi connectivity index (χ0) is 52.3. The molecule has 0 bridgehead atoms. The average molecular weight is 985 g/mol. The number of hydrogen-bond donors (Lipinski definition) is 1. The Morgan fingerprint density at radius 3 is 0.959 bits per heavy atom. The molecule has 2 aromatic heterocycles. The van der Waals surface area contributed by atoms with E-state index in [1.54, 1.807) is 0 Å². The summed E-state index contributed by atoms with van der Waals surface area (Å²) < 4.78 is 11.0. The van der Waals surface area contributed by atoms with Crippen LogP contribution in [-0.4, -0.2) is 17.7 Å². The summed E-state index contributed by atoms with van der Waals surface area (Å²) in [6.07, 6.45) is 28.3. The third kappa shape index (κ3) is 17.0. The van der Waals surface area contributed by atoms with Crippen molar-refractivity contribution in [2.24, 2.45) is 0 Å². The van der Waals surface area contributed by atoms with Gasteiger partial charge in [-0.05, 0) is 104 Å². The van der Waals surface area contributed by atoms with Gasteiger partial charge < -0.3 is 9.84 Å². The van der Waals surface area contributed by atoms with Crippen molar-refractivity contribution < 1.29 is 23.8 Å². The zero-order valence-electron chi connectivity index (χ0n) is 46.7. The fraction of sp³-hybridized carbons (Fsp3) is 0.485. The van der Waals surface area contributed by atoms with Crippen molar-refractivity contribution in [3.63, 3.8) is 0 Å². The lowest BCUT2D eigenvalue weighted by Crippen LogP contribution is -2.33. The van der Waals surface area contributed by atoms with Crippen molar-refractivity contribution in [3.05, 3.63) is 185 Å². The first-order valence-electron chi connectivity index (χ1n) is 28.2. The molecule has 2 heterocycles. The first-order valence-corrected chi connectivity index (χ1v) is 28.2. The number of pyridine rings is 2. The molecule has 6 rings (SSSR count). The van der Waals surface area contributed by atoms with Gasteiger partial charge in [-0.3, -0.25) is 4.79 Å². The topological polar surface area (TPSA) is 54.3 Å². The number of rotatable bonds is 28. The molecule has 0 fully saturated rings. The summed E-state index contributed by atoms with van der Waals surface area (Å²) in [6.45, 7) is 23.5. The third-order valence-corrected chi connectivity index (χ3v) is 15.1. The second-order valence-corrected chi connectivity index (χ2v) is 24.1. The minimum atomic E-state index is -0.676. The van der Waals surface area contributed by atoms with E-state index < -0.39 is 11.4 Å². The monoisotopic (exact) mass is 985 g/mol. The molecule has 0 saturated carbocycles. The van der Waals surface area contributed by atoms with Crippen molar-refractivity contribution >= 4 is 5.97 Å². The molecule has 4 aromatic carbocycles. The molecular formula is C68H92N2O3+2. The van der Waals surface area contributed by atoms with E-state index in [0.717, 1.165) is 51.1 Å². The first-order chi connectivity index (χ1) is 34.9. The quantitative estimate of drug-likeness (QED) is 0.0303. The van der Waals surface area contributed by atoms with Crippen molar-refractivity contribution in [2.45, 2.75) is 206 Å². The van der Waals surface area contributed by atoms with Crippen LogP contribution in [-0.2, 0) is 39.5 Å². The number of ether oxygens (including phenoxy) is 1. The van der Waals surface area contributed by atoms with E-state index in [9.17, 15) is 4.79 Å². The molecule has 5 heteroatoms. The molecule has 0 amide bonds. The number of benzene rings is 4. The van der Waals surface area contributed by atoms with Gasteiger partial charge in [0, 0.05) is 43.5 Å². The van der Waals surface area contributed by atoms with Gasteiger partial charge in [0.25, 0.3) is 0 Å². The second-order valence-electron chi connectivity index (χ2n) is 24.1. The van der Waals surface area contributed by atoms with Crippen LogP contribution in [0.4, 0.5) is 0 Å². The maximum atomic E-state index is 10.6. The average Bonchev–Trinajstić information content (AvgIpc) is 3.37. The van der Waals surface area contributed by atoms with E-state index >= 15 is 0 Å². The summed E-state index contributed by atoms with van der Waals surface area (Å²) in [6, 6.07) is 46.2. The Bertz CT molecular complexity index is 2380. The van der Waals surface area contributed by atoms with Gasteiger partial charge in [-0.15, -0.1) is 0 Å². The normalized spacial score (nSPS) is 12.3. The summed E-state index contributed by atoms with van der Waals surface area (Å²) in [5, 5.41) is 8.76. The minimum absolute atomic E-state index is 0.0606. The fourth-order valence-electron chi connectivity index (χ4n) is 10.3. The number of aliphatic carboxylic acids is 1. The van der Waals surface area contributed by atoms with Crippen LogP contribution in [0.5, 0.6) is 5.75 Å². The molecule has 6 aromatic rings. The van der Waals surface area contributed by atoms with E-state index in [1.165, 1.54) is 127 Å². The first kappa shape index (κ1) is 56.7. The molecule has 1 N–H and O–H groups in total. The van der Waals surface area contributed by atoms with Crippen molar-refractivity contribution in [2.75, 3.05) is 6.61 Å². The lowest BCUT2D eigenvalue weighted by molar-refractivity contribution is -0.697. The highest BCUT2D eigenvalue weighted by Crippen LogP contribution is 2.47. The zero-order valence-corrected chi connectivity index (χ0v) is 46.7. The van der Waals surface area contributed by atoms with Gasteiger partial charge in [0.15, 0.2) is 24.8 Å². The number of nitrogens with zero attached hydrogens (tertiary/aromatic N) is 2. The molecule has 5 nitrogen and oxygen atoms in total.